The van der Waals surface area contributed by atoms with Crippen LogP contribution in [0.15, 0.2) is 39.8 Å². The molecule has 1 fully saturated rings. The van der Waals surface area contributed by atoms with Crippen LogP contribution in [-0.2, 0) is 16.1 Å². The Bertz CT molecular complexity index is 813. The molecule has 0 aliphatic heterocycles. The van der Waals surface area contributed by atoms with Crippen molar-refractivity contribution in [2.45, 2.75) is 102 Å². The molecule has 1 N–H and O–H groups in total. The fraction of sp³-hybridized carbons (Fsp3) is 0.640. The van der Waals surface area contributed by atoms with Gasteiger partial charge in [0, 0.05) is 10.8 Å². The van der Waals surface area contributed by atoms with Gasteiger partial charge in [-0.25, -0.2) is 0 Å². The van der Waals surface area contributed by atoms with Crippen molar-refractivity contribution in [3.05, 3.63) is 42.0 Å². The first-order chi connectivity index (χ1) is 15.4. The average Bonchev–Trinajstić information content (AvgIpc) is 3.22. The van der Waals surface area contributed by atoms with E-state index in [9.17, 15) is 4.79 Å². The first-order valence-corrected chi connectivity index (χ1v) is 12.7. The highest BCUT2D eigenvalue weighted by Gasteiger charge is 2.26. The molecular weight excluding hydrogens is 422 g/mol. The van der Waals surface area contributed by atoms with Crippen molar-refractivity contribution in [2.75, 3.05) is 0 Å². The predicted octanol–water partition coefficient (Wildman–Crippen LogP) is 6.43. The lowest BCUT2D eigenvalue weighted by atomic mass is 9.84. The lowest BCUT2D eigenvalue weighted by Gasteiger charge is -2.23. The minimum atomic E-state index is -0.498. The molecular formula is C25H37N3O3S. The molecule has 0 bridgehead atoms. The van der Waals surface area contributed by atoms with E-state index in [1.165, 1.54) is 50.5 Å². The Hall–Kier alpha value is -1.86. The second-order valence-corrected chi connectivity index (χ2v) is 10.7. The number of carbonyl (C=O) groups is 1. The molecule has 1 atom stereocenters. The molecule has 6 nitrogen and oxygen atoms in total. The van der Waals surface area contributed by atoms with Gasteiger partial charge >= 0.3 is 5.97 Å². The summed E-state index contributed by atoms with van der Waals surface area (Å²) >= 11 is 1.53. The zero-order valence-electron chi connectivity index (χ0n) is 19.6. The maximum Gasteiger partial charge on any atom is 0.307 e. The smallest absolute Gasteiger partial charge is 0.307 e. The molecule has 0 spiro atoms. The Morgan fingerprint density at radius 3 is 2.69 bits per heavy atom. The van der Waals surface area contributed by atoms with Crippen LogP contribution in [0.3, 0.4) is 0 Å². The van der Waals surface area contributed by atoms with Gasteiger partial charge in [0.25, 0.3) is 0 Å². The lowest BCUT2D eigenvalue weighted by Crippen LogP contribution is -2.25. The fourth-order valence-corrected chi connectivity index (χ4v) is 4.86. The number of carbonyl (C=O) groups excluding carboxylic acids is 1. The third kappa shape index (κ3) is 8.94. The highest BCUT2D eigenvalue weighted by molar-refractivity contribution is 7.97. The van der Waals surface area contributed by atoms with Gasteiger partial charge in [-0.2, -0.15) is 4.98 Å². The second-order valence-electron chi connectivity index (χ2n) is 9.71. The van der Waals surface area contributed by atoms with Crippen LogP contribution in [0.1, 0.15) is 96.2 Å². The predicted molar refractivity (Wildman–Crippen MR) is 127 cm³/mol. The monoisotopic (exact) mass is 459 g/mol. The van der Waals surface area contributed by atoms with E-state index in [2.05, 4.69) is 14.9 Å². The Morgan fingerprint density at radius 2 is 1.97 bits per heavy atom. The Morgan fingerprint density at radius 1 is 1.22 bits per heavy atom. The maximum absolute atomic E-state index is 12.5. The van der Waals surface area contributed by atoms with E-state index >= 15 is 0 Å². The molecule has 0 saturated heterocycles. The number of hydrogen-bond donors (Lipinski definition) is 1. The van der Waals surface area contributed by atoms with E-state index in [4.69, 9.17) is 9.26 Å². The van der Waals surface area contributed by atoms with E-state index < -0.39 is 5.60 Å². The van der Waals surface area contributed by atoms with Gasteiger partial charge < -0.3 is 9.26 Å². The van der Waals surface area contributed by atoms with E-state index in [1.807, 2.05) is 51.1 Å². The van der Waals surface area contributed by atoms with Gasteiger partial charge in [-0.1, -0.05) is 68.3 Å². The van der Waals surface area contributed by atoms with Crippen LogP contribution in [0.25, 0.3) is 0 Å². The van der Waals surface area contributed by atoms with Crippen LogP contribution in [0, 0.1) is 5.92 Å². The number of esters is 1. The highest BCUT2D eigenvalue weighted by atomic mass is 32.2. The maximum atomic E-state index is 12.5. The molecule has 1 unspecified atom stereocenters. The van der Waals surface area contributed by atoms with E-state index in [1.54, 1.807) is 0 Å². The van der Waals surface area contributed by atoms with E-state index in [0.717, 1.165) is 23.7 Å². The van der Waals surface area contributed by atoms with E-state index in [0.29, 0.717) is 18.3 Å². The highest BCUT2D eigenvalue weighted by Crippen LogP contribution is 2.31. The van der Waals surface area contributed by atoms with Crippen LogP contribution in [0.5, 0.6) is 0 Å². The summed E-state index contributed by atoms with van der Waals surface area (Å²) in [5, 5.41) is 4.13. The summed E-state index contributed by atoms with van der Waals surface area (Å²) in [6.07, 6.45) is 10.2. The van der Waals surface area contributed by atoms with Crippen LogP contribution >= 0.6 is 11.9 Å². The van der Waals surface area contributed by atoms with Crippen LogP contribution in [0.2, 0.25) is 0 Å². The number of rotatable bonds is 11. The average molecular weight is 460 g/mol. The molecule has 1 aromatic heterocycles. The Balaban J connectivity index is 1.55. The van der Waals surface area contributed by atoms with Crippen molar-refractivity contribution in [2.24, 2.45) is 5.92 Å². The molecule has 3 rings (SSSR count). The standard InChI is InChI=1S/C25H37N3O3S/c1-25(2,3)30-23(29)17-20(14-10-13-19-11-6-4-7-12-19)24-27-22(28-31-24)18-26-32-21-15-8-5-9-16-21/h5,8-9,15-16,19-20,26H,4,6-7,10-14,17-18H2,1-3H3. The molecule has 7 heteroatoms. The number of benzene rings is 1. The van der Waals surface area contributed by atoms with Crippen LogP contribution in [0.4, 0.5) is 0 Å². The molecule has 0 radical (unpaired) electrons. The largest absolute Gasteiger partial charge is 0.460 e. The lowest BCUT2D eigenvalue weighted by molar-refractivity contribution is -0.155. The SMILES string of the molecule is CC(C)(C)OC(=O)CC(CCCC1CCCCC1)c1nc(CNSc2ccccc2)no1. The van der Waals surface area contributed by atoms with Gasteiger partial charge in [0.15, 0.2) is 5.82 Å². The molecule has 0 amide bonds. The molecule has 1 aliphatic carbocycles. The van der Waals surface area contributed by atoms with Crippen LogP contribution in [-0.4, -0.2) is 21.7 Å². The quantitative estimate of drug-likeness (QED) is 0.306. The van der Waals surface area contributed by atoms with Crippen molar-refractivity contribution in [1.82, 2.24) is 14.9 Å². The number of aromatic nitrogens is 2. The molecule has 1 aromatic carbocycles. The Labute approximate surface area is 196 Å². The first kappa shape index (κ1) is 24.8. The summed E-state index contributed by atoms with van der Waals surface area (Å²) in [6.45, 7) is 6.17. The normalized spacial score (nSPS) is 16.1. The van der Waals surface area contributed by atoms with Gasteiger partial charge in [-0.15, -0.1) is 0 Å². The topological polar surface area (TPSA) is 77.2 Å². The molecule has 176 valence electrons. The van der Waals surface area contributed by atoms with Crippen LogP contribution < -0.4 is 4.72 Å². The van der Waals surface area contributed by atoms with Crippen molar-refractivity contribution >= 4 is 17.9 Å². The van der Waals surface area contributed by atoms with E-state index in [-0.39, 0.29) is 18.3 Å². The van der Waals surface area contributed by atoms with Gasteiger partial charge in [-0.05, 0) is 57.2 Å². The zero-order chi connectivity index (χ0) is 22.8. The molecule has 1 saturated carbocycles. The number of nitrogens with zero attached hydrogens (tertiary/aromatic N) is 2. The van der Waals surface area contributed by atoms with Gasteiger partial charge in [0.05, 0.1) is 13.0 Å². The van der Waals surface area contributed by atoms with Crippen molar-refractivity contribution in [1.29, 1.82) is 0 Å². The summed E-state index contributed by atoms with van der Waals surface area (Å²) in [5.41, 5.74) is -0.498. The molecule has 1 heterocycles. The third-order valence-electron chi connectivity index (χ3n) is 5.72. The number of nitrogens with one attached hydrogen (secondary N) is 1. The Kier molecular flexibility index (Phi) is 9.60. The number of hydrogen-bond acceptors (Lipinski definition) is 7. The third-order valence-corrected chi connectivity index (χ3v) is 6.52. The van der Waals surface area contributed by atoms with Gasteiger partial charge in [0.2, 0.25) is 5.89 Å². The summed E-state index contributed by atoms with van der Waals surface area (Å²) in [5.74, 6) is 1.66. The second kappa shape index (κ2) is 12.4. The molecule has 1 aliphatic rings. The molecule has 2 aromatic rings. The number of ether oxygens (including phenoxy) is 1. The summed E-state index contributed by atoms with van der Waals surface area (Å²) in [7, 11) is 0. The summed E-state index contributed by atoms with van der Waals surface area (Å²) < 4.78 is 14.4. The molecule has 32 heavy (non-hydrogen) atoms. The van der Waals surface area contributed by atoms with Crippen molar-refractivity contribution in [3.8, 4) is 0 Å². The van der Waals surface area contributed by atoms with Crippen molar-refractivity contribution in [3.63, 3.8) is 0 Å². The fourth-order valence-electron chi connectivity index (χ4n) is 4.20. The minimum Gasteiger partial charge on any atom is -0.460 e. The summed E-state index contributed by atoms with van der Waals surface area (Å²) in [4.78, 5) is 18.2. The zero-order valence-corrected chi connectivity index (χ0v) is 20.5. The first-order valence-electron chi connectivity index (χ1n) is 11.9. The van der Waals surface area contributed by atoms with Gasteiger partial charge in [0.1, 0.15) is 5.60 Å². The van der Waals surface area contributed by atoms with Gasteiger partial charge in [-0.3, -0.25) is 9.52 Å². The summed E-state index contributed by atoms with van der Waals surface area (Å²) in [6, 6.07) is 10.1. The minimum absolute atomic E-state index is 0.100. The van der Waals surface area contributed by atoms with Crippen molar-refractivity contribution < 1.29 is 14.1 Å².